The van der Waals surface area contributed by atoms with Crippen molar-refractivity contribution in [3.8, 4) is 0 Å². The van der Waals surface area contributed by atoms with Gasteiger partial charge in [-0.1, -0.05) is 18.2 Å². The zero-order chi connectivity index (χ0) is 24.5. The number of hydrogen-bond donors (Lipinski definition) is 4. The van der Waals surface area contributed by atoms with Gasteiger partial charge in [0.2, 0.25) is 0 Å². The molecule has 35 heavy (non-hydrogen) atoms. The van der Waals surface area contributed by atoms with E-state index in [0.717, 1.165) is 39.6 Å². The third-order valence-corrected chi connectivity index (χ3v) is 5.80. The average molecular weight is 468 g/mol. The second-order valence-corrected chi connectivity index (χ2v) is 8.58. The molecule has 2 aromatic carbocycles. The van der Waals surface area contributed by atoms with Gasteiger partial charge in [-0.25, -0.2) is 0 Å². The van der Waals surface area contributed by atoms with E-state index in [1.54, 1.807) is 24.0 Å². The van der Waals surface area contributed by atoms with Crippen molar-refractivity contribution in [3.05, 3.63) is 94.6 Å². The summed E-state index contributed by atoms with van der Waals surface area (Å²) in [5, 5.41) is 20.1. The van der Waals surface area contributed by atoms with Crippen molar-refractivity contribution in [2.75, 3.05) is 16.0 Å². The first-order chi connectivity index (χ1) is 16.9. The van der Waals surface area contributed by atoms with E-state index in [0.29, 0.717) is 23.4 Å². The van der Waals surface area contributed by atoms with Gasteiger partial charge >= 0.3 is 0 Å². The number of aryl methyl sites for hydroxylation is 3. The number of nitrogens with one attached hydrogen (secondary N) is 4. The van der Waals surface area contributed by atoms with E-state index >= 15 is 0 Å². The van der Waals surface area contributed by atoms with Crippen molar-refractivity contribution >= 4 is 34.6 Å². The molecule has 5 rings (SSSR count). The Morgan fingerprint density at radius 3 is 2.49 bits per heavy atom. The van der Waals surface area contributed by atoms with Crippen LogP contribution in [0.2, 0.25) is 0 Å². The van der Waals surface area contributed by atoms with E-state index in [2.05, 4.69) is 31.2 Å². The largest absolute Gasteiger partial charge is 0.346 e. The molecule has 0 atom stereocenters. The fourth-order valence-corrected chi connectivity index (χ4v) is 4.09. The average Bonchev–Trinajstić information content (AvgIpc) is 3.49. The number of carbonyl (C=O) groups is 2. The van der Waals surface area contributed by atoms with Crippen LogP contribution in [0.3, 0.4) is 0 Å². The van der Waals surface area contributed by atoms with Crippen LogP contribution in [0.4, 0.5) is 17.2 Å². The zero-order valence-electron chi connectivity index (χ0n) is 19.6. The van der Waals surface area contributed by atoms with Gasteiger partial charge in [0.05, 0.1) is 17.0 Å². The van der Waals surface area contributed by atoms with Gasteiger partial charge in [0.25, 0.3) is 11.8 Å². The second-order valence-electron chi connectivity index (χ2n) is 8.58. The quantitative estimate of drug-likeness (QED) is 0.320. The molecule has 0 spiro atoms. The maximum atomic E-state index is 12.5. The van der Waals surface area contributed by atoms with Crippen LogP contribution in [0.15, 0.2) is 60.8 Å². The Bertz CT molecular complexity index is 1460. The maximum absolute atomic E-state index is 12.5. The van der Waals surface area contributed by atoms with Crippen molar-refractivity contribution in [1.82, 2.24) is 20.0 Å². The molecule has 4 N–H and O–H groups in total. The molecular weight excluding hydrogens is 442 g/mol. The predicted molar refractivity (Wildman–Crippen MR) is 135 cm³/mol. The van der Waals surface area contributed by atoms with Crippen molar-refractivity contribution in [1.29, 1.82) is 0 Å². The van der Waals surface area contributed by atoms with Crippen LogP contribution in [0.5, 0.6) is 0 Å². The summed E-state index contributed by atoms with van der Waals surface area (Å²) in [5.74, 6) is 0.373. The summed E-state index contributed by atoms with van der Waals surface area (Å²) in [6.45, 7) is 3.74. The zero-order valence-corrected chi connectivity index (χ0v) is 19.6. The molecule has 0 bridgehead atoms. The highest BCUT2D eigenvalue weighted by Crippen LogP contribution is 2.33. The minimum absolute atomic E-state index is 0.149. The van der Waals surface area contributed by atoms with Gasteiger partial charge in [0.1, 0.15) is 11.5 Å². The van der Waals surface area contributed by atoms with E-state index in [1.165, 1.54) is 0 Å². The summed E-state index contributed by atoms with van der Waals surface area (Å²) in [5.41, 5.74) is 7.26. The Labute approximate surface area is 202 Å². The Morgan fingerprint density at radius 1 is 1.03 bits per heavy atom. The van der Waals surface area contributed by atoms with Crippen molar-refractivity contribution in [2.45, 2.75) is 20.3 Å². The van der Waals surface area contributed by atoms with Gasteiger partial charge in [-0.2, -0.15) is 10.2 Å². The number of anilines is 3. The summed E-state index contributed by atoms with van der Waals surface area (Å²) in [4.78, 5) is 25.0. The minimum Gasteiger partial charge on any atom is -0.346 e. The van der Waals surface area contributed by atoms with E-state index in [-0.39, 0.29) is 11.8 Å². The van der Waals surface area contributed by atoms with Crippen LogP contribution >= 0.6 is 0 Å². The van der Waals surface area contributed by atoms with Crippen LogP contribution in [0, 0.1) is 13.8 Å². The molecule has 0 fully saturated rings. The second kappa shape index (κ2) is 8.94. The lowest BCUT2D eigenvalue weighted by atomic mass is 9.99. The summed E-state index contributed by atoms with van der Waals surface area (Å²) < 4.78 is 1.57. The van der Waals surface area contributed by atoms with E-state index < -0.39 is 0 Å². The number of amides is 2. The van der Waals surface area contributed by atoms with Crippen molar-refractivity contribution in [3.63, 3.8) is 0 Å². The minimum atomic E-state index is -0.199. The van der Waals surface area contributed by atoms with Gasteiger partial charge in [-0.15, -0.1) is 0 Å². The fourth-order valence-electron chi connectivity index (χ4n) is 4.09. The van der Waals surface area contributed by atoms with E-state index in [4.69, 9.17) is 0 Å². The molecule has 176 valence electrons. The molecule has 4 aromatic rings. The highest BCUT2D eigenvalue weighted by atomic mass is 16.2. The molecule has 2 aromatic heterocycles. The van der Waals surface area contributed by atoms with Gasteiger partial charge in [-0.05, 0) is 61.7 Å². The molecule has 1 aliphatic rings. The molecule has 0 aliphatic carbocycles. The van der Waals surface area contributed by atoms with Crippen LogP contribution in [-0.4, -0.2) is 31.8 Å². The number of aromatic amines is 1. The lowest BCUT2D eigenvalue weighted by molar-refractivity contribution is -0.110. The van der Waals surface area contributed by atoms with E-state index in [9.17, 15) is 9.59 Å². The van der Waals surface area contributed by atoms with E-state index in [1.807, 2.05) is 62.4 Å². The molecule has 0 saturated carbocycles. The highest BCUT2D eigenvalue weighted by molar-refractivity contribution is 6.31. The smallest absolute Gasteiger partial charge is 0.273 e. The van der Waals surface area contributed by atoms with Gasteiger partial charge < -0.3 is 16.0 Å². The summed E-state index contributed by atoms with van der Waals surface area (Å²) in [6.07, 6.45) is 2.39. The first kappa shape index (κ1) is 22.1. The molecule has 9 heteroatoms. The monoisotopic (exact) mass is 467 g/mol. The number of hydrogen-bond acceptors (Lipinski definition) is 5. The predicted octanol–water partition coefficient (Wildman–Crippen LogP) is 4.01. The first-order valence-electron chi connectivity index (χ1n) is 11.2. The van der Waals surface area contributed by atoms with Crippen LogP contribution in [0.25, 0.3) is 5.57 Å². The molecule has 1 aliphatic heterocycles. The number of aromatic nitrogens is 4. The maximum Gasteiger partial charge on any atom is 0.273 e. The number of fused-ring (bicyclic) bond motifs is 1. The standard InChI is InChI=1S/C26H25N7O2/c1-15-11-24(31-30-15)27-14-21-20-13-18(6-9-22(20)29-25(21)34)12-17-4-7-19(8-5-17)28-26(35)23-10-16(2)32-33(23)3/h4-11,13-14H,12H2,1-3H3,(H,28,35)(H,29,34)(H2,27,30,31)/b21-14-. The normalized spacial score (nSPS) is 13.6. The van der Waals surface area contributed by atoms with Gasteiger partial charge in [-0.3, -0.25) is 19.4 Å². The lowest BCUT2D eigenvalue weighted by Gasteiger charge is -2.08. The highest BCUT2D eigenvalue weighted by Gasteiger charge is 2.24. The third-order valence-electron chi connectivity index (χ3n) is 5.80. The Hall–Kier alpha value is -4.66. The lowest BCUT2D eigenvalue weighted by Crippen LogP contribution is -2.16. The van der Waals surface area contributed by atoms with Crippen LogP contribution in [0.1, 0.15) is 38.6 Å². The summed E-state index contributed by atoms with van der Waals surface area (Å²) in [7, 11) is 1.75. The molecular formula is C26H25N7O2. The topological polar surface area (TPSA) is 117 Å². The summed E-state index contributed by atoms with van der Waals surface area (Å²) in [6, 6.07) is 17.3. The summed E-state index contributed by atoms with van der Waals surface area (Å²) >= 11 is 0. The Morgan fingerprint density at radius 2 is 1.80 bits per heavy atom. The van der Waals surface area contributed by atoms with Gasteiger partial charge in [0, 0.05) is 36.3 Å². The number of benzene rings is 2. The molecule has 0 unspecified atom stereocenters. The molecule has 3 heterocycles. The Balaban J connectivity index is 1.29. The van der Waals surface area contributed by atoms with Crippen LogP contribution < -0.4 is 16.0 Å². The Kier molecular flexibility index (Phi) is 5.66. The van der Waals surface area contributed by atoms with Crippen molar-refractivity contribution in [2.24, 2.45) is 7.05 Å². The number of rotatable bonds is 6. The molecule has 0 radical (unpaired) electrons. The van der Waals surface area contributed by atoms with Gasteiger partial charge in [0.15, 0.2) is 0 Å². The SMILES string of the molecule is Cc1cc(N/C=C2\C(=O)Nc3ccc(Cc4ccc(NC(=O)c5cc(C)nn5C)cc4)cc32)[nH]n1. The fraction of sp³-hybridized carbons (Fsp3) is 0.154. The number of carbonyl (C=O) groups excluding carboxylic acids is 2. The molecule has 2 amide bonds. The first-order valence-corrected chi connectivity index (χ1v) is 11.2. The number of nitrogens with zero attached hydrogens (tertiary/aromatic N) is 3. The molecule has 9 nitrogen and oxygen atoms in total. The third kappa shape index (κ3) is 4.70. The van der Waals surface area contributed by atoms with Crippen LogP contribution in [-0.2, 0) is 18.3 Å². The number of H-pyrrole nitrogens is 1. The molecule has 0 saturated heterocycles. The van der Waals surface area contributed by atoms with Crippen molar-refractivity contribution < 1.29 is 9.59 Å².